The number of fused-ring (bicyclic) bond motifs is 1. The van der Waals surface area contributed by atoms with Crippen molar-refractivity contribution in [2.24, 2.45) is 0 Å². The molecule has 0 aromatic heterocycles. The number of amides is 1. The SMILES string of the molecule is CCCCN(C[C@H]1O[C@@H]2OC(C)(C)O[C@@H]2[C@H]1OCc1cccc(OC)c1)C(=O)c1ccccc1. The Hall–Kier alpha value is -2.45. The lowest BCUT2D eigenvalue weighted by Crippen LogP contribution is -2.45. The van der Waals surface area contributed by atoms with Crippen LogP contribution in [0, 0.1) is 0 Å². The van der Waals surface area contributed by atoms with Gasteiger partial charge in [0.1, 0.15) is 24.1 Å². The van der Waals surface area contributed by atoms with E-state index in [4.69, 9.17) is 23.7 Å². The molecule has 0 N–H and O–H groups in total. The van der Waals surface area contributed by atoms with Crippen LogP contribution in [0.4, 0.5) is 0 Å². The molecular formula is C27H35NO6. The minimum absolute atomic E-state index is 0.0107. The first-order chi connectivity index (χ1) is 16.4. The molecule has 0 saturated carbocycles. The maximum atomic E-state index is 13.3. The molecule has 2 fully saturated rings. The number of carbonyl (C=O) groups excluding carboxylic acids is 1. The summed E-state index contributed by atoms with van der Waals surface area (Å²) in [7, 11) is 1.64. The minimum Gasteiger partial charge on any atom is -0.497 e. The lowest BCUT2D eigenvalue weighted by atomic mass is 10.1. The van der Waals surface area contributed by atoms with Crippen molar-refractivity contribution in [3.63, 3.8) is 0 Å². The van der Waals surface area contributed by atoms with Gasteiger partial charge in [-0.3, -0.25) is 4.79 Å². The fourth-order valence-electron chi connectivity index (χ4n) is 4.46. The summed E-state index contributed by atoms with van der Waals surface area (Å²) < 4.78 is 30.1. The minimum atomic E-state index is -0.750. The number of rotatable bonds is 10. The highest BCUT2D eigenvalue weighted by Gasteiger charge is 2.55. The van der Waals surface area contributed by atoms with Gasteiger partial charge in [0, 0.05) is 18.7 Å². The van der Waals surface area contributed by atoms with Crippen LogP contribution < -0.4 is 4.74 Å². The maximum Gasteiger partial charge on any atom is 0.253 e. The van der Waals surface area contributed by atoms with E-state index in [1.54, 1.807) is 7.11 Å². The van der Waals surface area contributed by atoms with Gasteiger partial charge in [0.25, 0.3) is 5.91 Å². The molecule has 2 aromatic rings. The molecule has 4 atom stereocenters. The second-order valence-corrected chi connectivity index (χ2v) is 9.24. The molecular weight excluding hydrogens is 434 g/mol. The molecule has 7 heteroatoms. The Kier molecular flexibility index (Phi) is 7.88. The standard InChI is InChI=1S/C27H35NO6/c1-5-6-15-28(25(29)20-12-8-7-9-13-20)17-22-23(24-26(32-22)34-27(2,3)33-24)31-18-19-11-10-14-21(16-19)30-4/h7-14,16,22-24,26H,5-6,15,17-18H2,1-4H3/t22-,23+,24-,26-/m1/s1. The van der Waals surface area contributed by atoms with Crippen molar-refractivity contribution in [1.29, 1.82) is 0 Å². The predicted molar refractivity (Wildman–Crippen MR) is 128 cm³/mol. The van der Waals surface area contributed by atoms with Gasteiger partial charge < -0.3 is 28.6 Å². The third-order valence-corrected chi connectivity index (χ3v) is 6.15. The molecule has 34 heavy (non-hydrogen) atoms. The number of nitrogens with zero attached hydrogens (tertiary/aromatic N) is 1. The highest BCUT2D eigenvalue weighted by Crippen LogP contribution is 2.39. The van der Waals surface area contributed by atoms with Crippen LogP contribution in [0.1, 0.15) is 49.5 Å². The molecule has 2 saturated heterocycles. The van der Waals surface area contributed by atoms with Crippen LogP contribution in [0.25, 0.3) is 0 Å². The van der Waals surface area contributed by atoms with E-state index in [9.17, 15) is 4.79 Å². The lowest BCUT2D eigenvalue weighted by Gasteiger charge is -2.30. The molecule has 4 rings (SSSR count). The Labute approximate surface area is 201 Å². The number of unbranched alkanes of at least 4 members (excludes halogenated alkanes) is 1. The van der Waals surface area contributed by atoms with E-state index >= 15 is 0 Å². The van der Waals surface area contributed by atoms with Crippen LogP contribution in [0.2, 0.25) is 0 Å². The maximum absolute atomic E-state index is 13.3. The highest BCUT2D eigenvalue weighted by molar-refractivity contribution is 5.94. The normalized spacial score (nSPS) is 25.2. The summed E-state index contributed by atoms with van der Waals surface area (Å²) in [6.45, 7) is 7.28. The zero-order valence-electron chi connectivity index (χ0n) is 20.4. The number of hydrogen-bond donors (Lipinski definition) is 0. The van der Waals surface area contributed by atoms with E-state index in [-0.39, 0.29) is 24.2 Å². The Morgan fingerprint density at radius 1 is 1.09 bits per heavy atom. The zero-order chi connectivity index (χ0) is 24.1. The van der Waals surface area contributed by atoms with Crippen molar-refractivity contribution in [3.8, 4) is 5.75 Å². The summed E-state index contributed by atoms with van der Waals surface area (Å²) in [5.74, 6) is 0.0158. The van der Waals surface area contributed by atoms with E-state index in [1.807, 2.05) is 73.3 Å². The molecule has 0 radical (unpaired) electrons. The van der Waals surface area contributed by atoms with E-state index in [0.29, 0.717) is 25.3 Å². The van der Waals surface area contributed by atoms with Gasteiger partial charge in [-0.2, -0.15) is 0 Å². The predicted octanol–water partition coefficient (Wildman–Crippen LogP) is 4.40. The summed E-state index contributed by atoms with van der Waals surface area (Å²) in [4.78, 5) is 15.2. The smallest absolute Gasteiger partial charge is 0.253 e. The van der Waals surface area contributed by atoms with Crippen molar-refractivity contribution in [2.45, 2.75) is 70.6 Å². The van der Waals surface area contributed by atoms with Crippen LogP contribution in [-0.2, 0) is 25.6 Å². The second kappa shape index (κ2) is 10.9. The van der Waals surface area contributed by atoms with Crippen molar-refractivity contribution < 1.29 is 28.5 Å². The van der Waals surface area contributed by atoms with Gasteiger partial charge in [0.2, 0.25) is 0 Å². The number of benzene rings is 2. The van der Waals surface area contributed by atoms with Gasteiger partial charge in [-0.25, -0.2) is 0 Å². The Morgan fingerprint density at radius 3 is 2.62 bits per heavy atom. The summed E-state index contributed by atoms with van der Waals surface area (Å²) >= 11 is 0. The fraction of sp³-hybridized carbons (Fsp3) is 0.519. The number of carbonyl (C=O) groups is 1. The van der Waals surface area contributed by atoms with Crippen LogP contribution in [0.3, 0.4) is 0 Å². The monoisotopic (exact) mass is 469 g/mol. The fourth-order valence-corrected chi connectivity index (χ4v) is 4.46. The molecule has 2 aliphatic rings. The molecule has 2 aliphatic heterocycles. The van der Waals surface area contributed by atoms with E-state index in [1.165, 1.54) is 0 Å². The molecule has 0 bridgehead atoms. The van der Waals surface area contributed by atoms with Gasteiger partial charge >= 0.3 is 0 Å². The number of methoxy groups -OCH3 is 1. The third-order valence-electron chi connectivity index (χ3n) is 6.15. The second-order valence-electron chi connectivity index (χ2n) is 9.24. The van der Waals surface area contributed by atoms with Crippen molar-refractivity contribution in [3.05, 3.63) is 65.7 Å². The first-order valence-electron chi connectivity index (χ1n) is 12.0. The molecule has 7 nitrogen and oxygen atoms in total. The molecule has 2 aromatic carbocycles. The van der Waals surface area contributed by atoms with Crippen molar-refractivity contribution in [1.82, 2.24) is 4.90 Å². The summed E-state index contributed by atoms with van der Waals surface area (Å²) in [6, 6.07) is 17.1. The largest absolute Gasteiger partial charge is 0.497 e. The van der Waals surface area contributed by atoms with Gasteiger partial charge in [0.15, 0.2) is 12.1 Å². The average molecular weight is 470 g/mol. The quantitative estimate of drug-likeness (QED) is 0.514. The molecule has 1 amide bonds. The molecule has 2 heterocycles. The molecule has 0 aliphatic carbocycles. The van der Waals surface area contributed by atoms with Gasteiger partial charge in [0.05, 0.1) is 13.7 Å². The van der Waals surface area contributed by atoms with E-state index < -0.39 is 12.1 Å². The summed E-state index contributed by atoms with van der Waals surface area (Å²) in [5, 5.41) is 0. The van der Waals surface area contributed by atoms with E-state index in [0.717, 1.165) is 24.2 Å². The van der Waals surface area contributed by atoms with Crippen LogP contribution in [0.15, 0.2) is 54.6 Å². The molecule has 0 unspecified atom stereocenters. The van der Waals surface area contributed by atoms with Gasteiger partial charge in [-0.05, 0) is 50.1 Å². The Bertz CT molecular complexity index is 949. The Balaban J connectivity index is 1.51. The zero-order valence-corrected chi connectivity index (χ0v) is 20.4. The van der Waals surface area contributed by atoms with Gasteiger partial charge in [-0.15, -0.1) is 0 Å². The summed E-state index contributed by atoms with van der Waals surface area (Å²) in [6.07, 6.45) is 0.242. The first kappa shape index (κ1) is 24.7. The first-order valence-corrected chi connectivity index (χ1v) is 12.0. The highest BCUT2D eigenvalue weighted by atomic mass is 16.8. The van der Waals surface area contributed by atoms with Crippen molar-refractivity contribution >= 4 is 5.91 Å². The third kappa shape index (κ3) is 5.78. The number of hydrogen-bond acceptors (Lipinski definition) is 6. The van der Waals surface area contributed by atoms with Crippen LogP contribution in [0.5, 0.6) is 5.75 Å². The topological polar surface area (TPSA) is 66.5 Å². The van der Waals surface area contributed by atoms with Gasteiger partial charge in [-0.1, -0.05) is 43.7 Å². The molecule has 0 spiro atoms. The van der Waals surface area contributed by atoms with Crippen LogP contribution >= 0.6 is 0 Å². The van der Waals surface area contributed by atoms with Crippen molar-refractivity contribution in [2.75, 3.05) is 20.2 Å². The Morgan fingerprint density at radius 2 is 1.88 bits per heavy atom. The average Bonchev–Trinajstić information content (AvgIpc) is 3.31. The lowest BCUT2D eigenvalue weighted by molar-refractivity contribution is -0.220. The molecule has 184 valence electrons. The van der Waals surface area contributed by atoms with E-state index in [2.05, 4.69) is 6.92 Å². The number of ether oxygens (including phenoxy) is 5. The van der Waals surface area contributed by atoms with Crippen LogP contribution in [-0.4, -0.2) is 61.4 Å². The summed E-state index contributed by atoms with van der Waals surface area (Å²) in [5.41, 5.74) is 1.65.